The monoisotopic (exact) mass is 292 g/mol. The number of hydrogen-bond donors (Lipinski definition) is 1. The lowest BCUT2D eigenvalue weighted by Crippen LogP contribution is -2.39. The Morgan fingerprint density at radius 1 is 1.55 bits per heavy atom. The summed E-state index contributed by atoms with van der Waals surface area (Å²) in [5.74, 6) is 6.99. The van der Waals surface area contributed by atoms with Crippen LogP contribution in [0.3, 0.4) is 0 Å². The molecule has 5 nitrogen and oxygen atoms in total. The molecule has 1 amide bonds. The highest BCUT2D eigenvalue weighted by Gasteiger charge is 2.44. The predicted molar refractivity (Wildman–Crippen MR) is 81.4 cm³/mol. The first kappa shape index (κ1) is 13.1. The summed E-state index contributed by atoms with van der Waals surface area (Å²) in [6, 6.07) is 3.89. The van der Waals surface area contributed by atoms with E-state index in [2.05, 4.69) is 28.8 Å². The van der Waals surface area contributed by atoms with Crippen LogP contribution in [0.15, 0.2) is 18.3 Å². The number of aryl methyl sites for hydroxylation is 1. The molecular weight excluding hydrogens is 276 g/mol. The average molecular weight is 292 g/mol. The van der Waals surface area contributed by atoms with Gasteiger partial charge in [0.1, 0.15) is 0 Å². The number of primary amides is 1. The van der Waals surface area contributed by atoms with Crippen LogP contribution < -0.4 is 5.73 Å². The molecule has 0 saturated carbocycles. The summed E-state index contributed by atoms with van der Waals surface area (Å²) in [7, 11) is 0. The molecule has 2 aliphatic carbocycles. The standard InChI is InChI=1S/C17H16N4O/c1-10-4-6-19-14(7-10)21-13-9-17(2)5-3-11(17)8-12(13)15(20-21)16(18)22/h4,6-7,11H,8-9H2,1-2H3,(H2,18,22). The van der Waals surface area contributed by atoms with E-state index in [0.717, 1.165) is 35.5 Å². The number of pyridine rings is 1. The number of rotatable bonds is 2. The Morgan fingerprint density at radius 2 is 2.36 bits per heavy atom. The molecule has 110 valence electrons. The molecule has 0 aliphatic heterocycles. The van der Waals surface area contributed by atoms with Gasteiger partial charge in [-0.1, -0.05) is 11.8 Å². The van der Waals surface area contributed by atoms with E-state index in [1.165, 1.54) is 0 Å². The molecule has 0 saturated heterocycles. The quantitative estimate of drug-likeness (QED) is 0.851. The first-order valence-electron chi connectivity index (χ1n) is 7.34. The minimum atomic E-state index is -0.487. The maximum absolute atomic E-state index is 11.8. The van der Waals surface area contributed by atoms with E-state index in [4.69, 9.17) is 5.73 Å². The Balaban J connectivity index is 1.91. The fourth-order valence-electron chi connectivity index (χ4n) is 3.32. The van der Waals surface area contributed by atoms with E-state index in [9.17, 15) is 4.79 Å². The van der Waals surface area contributed by atoms with Gasteiger partial charge in [0.05, 0.1) is 5.69 Å². The van der Waals surface area contributed by atoms with Gasteiger partial charge in [0.25, 0.3) is 5.91 Å². The van der Waals surface area contributed by atoms with Gasteiger partial charge < -0.3 is 5.73 Å². The molecule has 5 heteroatoms. The lowest BCUT2D eigenvalue weighted by Gasteiger charge is -2.39. The lowest BCUT2D eigenvalue weighted by molar-refractivity contribution is 0.0993. The van der Waals surface area contributed by atoms with Crippen molar-refractivity contribution >= 4 is 5.91 Å². The molecule has 2 aromatic heterocycles. The van der Waals surface area contributed by atoms with Crippen molar-refractivity contribution in [2.75, 3.05) is 0 Å². The molecule has 0 bridgehead atoms. The molecule has 2 unspecified atom stereocenters. The second kappa shape index (κ2) is 4.20. The van der Waals surface area contributed by atoms with E-state index < -0.39 is 5.91 Å². The Labute approximate surface area is 128 Å². The first-order chi connectivity index (χ1) is 10.5. The van der Waals surface area contributed by atoms with Crippen molar-refractivity contribution < 1.29 is 4.79 Å². The van der Waals surface area contributed by atoms with Gasteiger partial charge >= 0.3 is 0 Å². The highest BCUT2D eigenvalue weighted by Crippen LogP contribution is 2.44. The third-order valence-corrected chi connectivity index (χ3v) is 4.69. The third kappa shape index (κ3) is 1.70. The highest BCUT2D eigenvalue weighted by atomic mass is 16.1. The average Bonchev–Trinajstić information content (AvgIpc) is 2.82. The molecule has 2 aromatic rings. The van der Waals surface area contributed by atoms with Gasteiger partial charge in [0.2, 0.25) is 0 Å². The number of carbonyl (C=O) groups excluding carboxylic acids is 1. The van der Waals surface area contributed by atoms with Crippen LogP contribution in [0.2, 0.25) is 0 Å². The van der Waals surface area contributed by atoms with Crippen LogP contribution in [-0.4, -0.2) is 20.7 Å². The van der Waals surface area contributed by atoms with Crippen molar-refractivity contribution in [3.05, 3.63) is 40.8 Å². The van der Waals surface area contributed by atoms with Crippen molar-refractivity contribution in [2.24, 2.45) is 17.1 Å². The Hall–Kier alpha value is -2.61. The van der Waals surface area contributed by atoms with E-state index in [1.54, 1.807) is 10.9 Å². The number of nitrogens with zero attached hydrogens (tertiary/aromatic N) is 3. The van der Waals surface area contributed by atoms with E-state index in [1.807, 2.05) is 19.1 Å². The summed E-state index contributed by atoms with van der Waals surface area (Å²) in [6.07, 6.45) is 3.26. The summed E-state index contributed by atoms with van der Waals surface area (Å²) in [6.45, 7) is 4.17. The molecule has 22 heavy (non-hydrogen) atoms. The molecular formula is C17H16N4O. The van der Waals surface area contributed by atoms with Crippen molar-refractivity contribution in [3.8, 4) is 17.7 Å². The van der Waals surface area contributed by atoms with Gasteiger partial charge in [-0.3, -0.25) is 4.79 Å². The summed E-state index contributed by atoms with van der Waals surface area (Å²) in [5, 5.41) is 4.45. The molecule has 0 fully saturated rings. The largest absolute Gasteiger partial charge is 0.364 e. The fraction of sp³-hybridized carbons (Fsp3) is 0.353. The SMILES string of the molecule is Cc1ccnc(-n2nc(C(N)=O)c3c2CC2(C)C#CC2C3)c1. The predicted octanol–water partition coefficient (Wildman–Crippen LogP) is 1.41. The van der Waals surface area contributed by atoms with Crippen LogP contribution in [0.4, 0.5) is 0 Å². The van der Waals surface area contributed by atoms with Gasteiger partial charge in [-0.25, -0.2) is 9.67 Å². The van der Waals surface area contributed by atoms with Crippen LogP contribution >= 0.6 is 0 Å². The smallest absolute Gasteiger partial charge is 0.269 e. The van der Waals surface area contributed by atoms with Crippen LogP contribution in [0, 0.1) is 30.1 Å². The van der Waals surface area contributed by atoms with E-state index in [0.29, 0.717) is 11.6 Å². The molecule has 2 heterocycles. The van der Waals surface area contributed by atoms with Gasteiger partial charge in [-0.05, 0) is 38.0 Å². The van der Waals surface area contributed by atoms with Gasteiger partial charge in [0, 0.05) is 29.5 Å². The fourth-order valence-corrected chi connectivity index (χ4v) is 3.32. The van der Waals surface area contributed by atoms with Crippen molar-refractivity contribution in [2.45, 2.75) is 26.7 Å². The molecule has 2 atom stereocenters. The molecule has 2 aliphatic rings. The second-order valence-corrected chi connectivity index (χ2v) is 6.36. The lowest BCUT2D eigenvalue weighted by atomic mass is 9.62. The topological polar surface area (TPSA) is 73.8 Å². The number of fused-ring (bicyclic) bond motifs is 2. The van der Waals surface area contributed by atoms with Crippen LogP contribution in [-0.2, 0) is 12.8 Å². The summed E-state index contributed by atoms with van der Waals surface area (Å²) >= 11 is 0. The van der Waals surface area contributed by atoms with Crippen LogP contribution in [0.25, 0.3) is 5.82 Å². The Bertz CT molecular complexity index is 871. The zero-order valence-corrected chi connectivity index (χ0v) is 12.6. The zero-order valence-electron chi connectivity index (χ0n) is 12.6. The molecule has 0 radical (unpaired) electrons. The number of nitrogens with two attached hydrogens (primary N) is 1. The summed E-state index contributed by atoms with van der Waals surface area (Å²) in [4.78, 5) is 16.1. The van der Waals surface area contributed by atoms with Gasteiger partial charge in [0.15, 0.2) is 11.5 Å². The molecule has 4 rings (SSSR count). The summed E-state index contributed by atoms with van der Waals surface area (Å²) < 4.78 is 1.77. The minimum Gasteiger partial charge on any atom is -0.364 e. The Kier molecular flexibility index (Phi) is 2.50. The first-order valence-corrected chi connectivity index (χ1v) is 7.34. The number of carbonyl (C=O) groups is 1. The number of aromatic nitrogens is 3. The molecule has 0 spiro atoms. The Morgan fingerprint density at radius 3 is 3.00 bits per heavy atom. The maximum Gasteiger partial charge on any atom is 0.269 e. The normalized spacial score (nSPS) is 24.5. The van der Waals surface area contributed by atoms with Crippen LogP contribution in [0.5, 0.6) is 0 Å². The van der Waals surface area contributed by atoms with E-state index >= 15 is 0 Å². The number of amides is 1. The number of hydrogen-bond acceptors (Lipinski definition) is 3. The molecule has 0 aromatic carbocycles. The third-order valence-electron chi connectivity index (χ3n) is 4.69. The zero-order chi connectivity index (χ0) is 15.5. The minimum absolute atomic E-state index is 0.0243. The van der Waals surface area contributed by atoms with Crippen molar-refractivity contribution in [3.63, 3.8) is 0 Å². The van der Waals surface area contributed by atoms with Crippen molar-refractivity contribution in [1.29, 1.82) is 0 Å². The van der Waals surface area contributed by atoms with Crippen molar-refractivity contribution in [1.82, 2.24) is 14.8 Å². The summed E-state index contributed by atoms with van der Waals surface area (Å²) in [5.41, 5.74) is 8.90. The van der Waals surface area contributed by atoms with Gasteiger partial charge in [-0.2, -0.15) is 5.10 Å². The second-order valence-electron chi connectivity index (χ2n) is 6.36. The highest BCUT2D eigenvalue weighted by molar-refractivity contribution is 5.92. The molecule has 2 N–H and O–H groups in total. The van der Waals surface area contributed by atoms with E-state index in [-0.39, 0.29) is 5.41 Å². The van der Waals surface area contributed by atoms with Gasteiger partial charge in [-0.15, -0.1) is 0 Å². The maximum atomic E-state index is 11.8. The van der Waals surface area contributed by atoms with Crippen LogP contribution in [0.1, 0.15) is 34.2 Å².